The van der Waals surface area contributed by atoms with Crippen LogP contribution in [0.3, 0.4) is 0 Å². The summed E-state index contributed by atoms with van der Waals surface area (Å²) in [6, 6.07) is 11.9. The molecule has 0 bridgehead atoms. The molecule has 0 unspecified atom stereocenters. The van der Waals surface area contributed by atoms with Crippen molar-refractivity contribution in [3.05, 3.63) is 58.5 Å². The lowest BCUT2D eigenvalue weighted by molar-refractivity contribution is -0.120. The van der Waals surface area contributed by atoms with Crippen LogP contribution in [0.5, 0.6) is 0 Å². The number of furan rings is 1. The number of thiophene rings is 1. The molecule has 0 aliphatic rings. The molecule has 2 aromatic heterocycles. The minimum Gasteiger partial charge on any atom is -0.464 e. The molecule has 3 aromatic rings. The largest absolute Gasteiger partial charge is 0.464 e. The number of carbonyl (C=O) groups excluding carboxylic acids is 1. The molecule has 0 atom stereocenters. The summed E-state index contributed by atoms with van der Waals surface area (Å²) in [5, 5.41) is 6.06. The first-order valence-electron chi connectivity index (χ1n) is 6.57. The fourth-order valence-electron chi connectivity index (χ4n) is 2.20. The molecule has 0 fully saturated rings. The first-order chi connectivity index (χ1) is 9.83. The van der Waals surface area contributed by atoms with Crippen molar-refractivity contribution in [2.24, 2.45) is 0 Å². The molecular weight excluding hydrogens is 270 g/mol. The van der Waals surface area contributed by atoms with Crippen LogP contribution < -0.4 is 5.32 Å². The second-order valence-electron chi connectivity index (χ2n) is 4.61. The Hall–Kier alpha value is -2.07. The molecule has 20 heavy (non-hydrogen) atoms. The Morgan fingerprint density at radius 2 is 2.10 bits per heavy atom. The maximum absolute atomic E-state index is 11.8. The maximum atomic E-state index is 11.8. The number of nitrogens with one attached hydrogen (secondary N) is 1. The molecule has 0 saturated heterocycles. The molecule has 3 rings (SSSR count). The Morgan fingerprint density at radius 1 is 1.20 bits per heavy atom. The van der Waals surface area contributed by atoms with E-state index in [1.54, 1.807) is 17.6 Å². The topological polar surface area (TPSA) is 42.2 Å². The van der Waals surface area contributed by atoms with Gasteiger partial charge in [0.2, 0.25) is 5.91 Å². The minimum atomic E-state index is 0.0697. The van der Waals surface area contributed by atoms with Crippen molar-refractivity contribution in [3.63, 3.8) is 0 Å². The molecule has 1 aromatic carbocycles. The van der Waals surface area contributed by atoms with Crippen molar-refractivity contribution in [3.8, 4) is 0 Å². The third-order valence-corrected chi connectivity index (χ3v) is 4.07. The van der Waals surface area contributed by atoms with Gasteiger partial charge in [0.25, 0.3) is 0 Å². The zero-order valence-corrected chi connectivity index (χ0v) is 11.8. The number of amides is 1. The molecule has 3 nitrogen and oxygen atoms in total. The van der Waals surface area contributed by atoms with E-state index < -0.39 is 0 Å². The molecule has 0 aliphatic carbocycles. The van der Waals surface area contributed by atoms with Gasteiger partial charge in [-0.2, -0.15) is 0 Å². The van der Waals surface area contributed by atoms with E-state index in [4.69, 9.17) is 4.42 Å². The van der Waals surface area contributed by atoms with E-state index in [1.165, 1.54) is 0 Å². The third kappa shape index (κ3) is 2.91. The summed E-state index contributed by atoms with van der Waals surface area (Å²) >= 11 is 1.61. The molecule has 102 valence electrons. The van der Waals surface area contributed by atoms with Crippen molar-refractivity contribution < 1.29 is 9.21 Å². The van der Waals surface area contributed by atoms with Gasteiger partial charge in [0.15, 0.2) is 0 Å². The van der Waals surface area contributed by atoms with Crippen LogP contribution in [0.2, 0.25) is 0 Å². The molecule has 2 heterocycles. The Bertz CT molecular complexity index is 700. The van der Waals surface area contributed by atoms with Gasteiger partial charge in [0, 0.05) is 16.8 Å². The summed E-state index contributed by atoms with van der Waals surface area (Å²) in [4.78, 5) is 12.9. The monoisotopic (exact) mass is 285 g/mol. The van der Waals surface area contributed by atoms with E-state index in [1.807, 2.05) is 41.8 Å². The van der Waals surface area contributed by atoms with Gasteiger partial charge in [0.1, 0.15) is 5.58 Å². The van der Waals surface area contributed by atoms with Gasteiger partial charge in [0.05, 0.1) is 12.7 Å². The van der Waals surface area contributed by atoms with Crippen LogP contribution in [0, 0.1) is 0 Å². The first kappa shape index (κ1) is 12.9. The molecule has 0 radical (unpaired) electrons. The lowest BCUT2D eigenvalue weighted by Crippen LogP contribution is -2.26. The van der Waals surface area contributed by atoms with Gasteiger partial charge in [-0.15, -0.1) is 11.3 Å². The van der Waals surface area contributed by atoms with Crippen LogP contribution in [0.15, 0.2) is 52.5 Å². The van der Waals surface area contributed by atoms with Gasteiger partial charge in [-0.25, -0.2) is 0 Å². The van der Waals surface area contributed by atoms with Crippen LogP contribution in [-0.4, -0.2) is 12.5 Å². The predicted octanol–water partition coefficient (Wildman–Crippen LogP) is 3.40. The second-order valence-corrected chi connectivity index (χ2v) is 5.65. The van der Waals surface area contributed by atoms with Gasteiger partial charge < -0.3 is 9.73 Å². The number of rotatable bonds is 5. The number of para-hydroxylation sites is 1. The number of benzene rings is 1. The average molecular weight is 285 g/mol. The van der Waals surface area contributed by atoms with Crippen molar-refractivity contribution in [1.29, 1.82) is 0 Å². The van der Waals surface area contributed by atoms with Crippen molar-refractivity contribution >= 4 is 28.2 Å². The number of fused-ring (bicyclic) bond motifs is 1. The number of carbonyl (C=O) groups is 1. The molecule has 1 N–H and O–H groups in total. The quantitative estimate of drug-likeness (QED) is 0.780. The summed E-state index contributed by atoms with van der Waals surface area (Å²) in [5.74, 6) is 0.0697. The second kappa shape index (κ2) is 5.92. The van der Waals surface area contributed by atoms with Crippen LogP contribution in [-0.2, 0) is 17.6 Å². The van der Waals surface area contributed by atoms with E-state index in [-0.39, 0.29) is 5.91 Å². The zero-order valence-electron chi connectivity index (χ0n) is 11.0. The fraction of sp³-hybridized carbons (Fsp3) is 0.188. The Labute approximate surface area is 121 Å². The molecular formula is C16H15NO2S. The van der Waals surface area contributed by atoms with Gasteiger partial charge >= 0.3 is 0 Å². The van der Waals surface area contributed by atoms with Crippen LogP contribution in [0.4, 0.5) is 0 Å². The SMILES string of the molecule is O=C(Cc1cccs1)NCCc1coc2ccccc12. The lowest BCUT2D eigenvalue weighted by atomic mass is 10.1. The number of hydrogen-bond donors (Lipinski definition) is 1. The van der Waals surface area contributed by atoms with E-state index in [0.717, 1.165) is 27.8 Å². The van der Waals surface area contributed by atoms with Crippen molar-refractivity contribution in [1.82, 2.24) is 5.32 Å². The summed E-state index contributed by atoms with van der Waals surface area (Å²) in [7, 11) is 0. The standard InChI is InChI=1S/C16H15NO2S/c18-16(10-13-4-3-9-20-13)17-8-7-12-11-19-15-6-2-1-5-14(12)15/h1-6,9,11H,7-8,10H2,(H,17,18). The highest BCUT2D eigenvalue weighted by molar-refractivity contribution is 7.10. The molecule has 0 spiro atoms. The van der Waals surface area contributed by atoms with Gasteiger partial charge in [-0.05, 0) is 29.5 Å². The van der Waals surface area contributed by atoms with Crippen LogP contribution >= 0.6 is 11.3 Å². The van der Waals surface area contributed by atoms with E-state index in [2.05, 4.69) is 5.32 Å². The average Bonchev–Trinajstić information content (AvgIpc) is 3.09. The van der Waals surface area contributed by atoms with Gasteiger partial charge in [-0.3, -0.25) is 4.79 Å². The predicted molar refractivity (Wildman–Crippen MR) is 81.0 cm³/mol. The molecule has 4 heteroatoms. The van der Waals surface area contributed by atoms with E-state index in [9.17, 15) is 4.79 Å². The Balaban J connectivity index is 1.53. The zero-order chi connectivity index (χ0) is 13.8. The van der Waals surface area contributed by atoms with Gasteiger partial charge in [-0.1, -0.05) is 24.3 Å². The Kier molecular flexibility index (Phi) is 3.83. The fourth-order valence-corrected chi connectivity index (χ4v) is 2.90. The van der Waals surface area contributed by atoms with Crippen molar-refractivity contribution in [2.75, 3.05) is 6.54 Å². The van der Waals surface area contributed by atoms with Crippen LogP contribution in [0.1, 0.15) is 10.4 Å². The third-order valence-electron chi connectivity index (χ3n) is 3.19. The van der Waals surface area contributed by atoms with Crippen LogP contribution in [0.25, 0.3) is 11.0 Å². The highest BCUT2D eigenvalue weighted by atomic mass is 32.1. The summed E-state index contributed by atoms with van der Waals surface area (Å²) in [6.07, 6.45) is 3.02. The molecule has 0 saturated carbocycles. The normalized spacial score (nSPS) is 10.8. The summed E-state index contributed by atoms with van der Waals surface area (Å²) in [5.41, 5.74) is 2.03. The highest BCUT2D eigenvalue weighted by Gasteiger charge is 2.07. The number of hydrogen-bond acceptors (Lipinski definition) is 3. The minimum absolute atomic E-state index is 0.0697. The summed E-state index contributed by atoms with van der Waals surface area (Å²) in [6.45, 7) is 0.633. The molecule has 0 aliphatic heterocycles. The first-order valence-corrected chi connectivity index (χ1v) is 7.45. The lowest BCUT2D eigenvalue weighted by Gasteiger charge is -2.03. The summed E-state index contributed by atoms with van der Waals surface area (Å²) < 4.78 is 5.48. The maximum Gasteiger partial charge on any atom is 0.225 e. The van der Waals surface area contributed by atoms with E-state index >= 15 is 0 Å². The Morgan fingerprint density at radius 3 is 2.95 bits per heavy atom. The highest BCUT2D eigenvalue weighted by Crippen LogP contribution is 2.20. The smallest absolute Gasteiger partial charge is 0.225 e. The van der Waals surface area contributed by atoms with Crippen molar-refractivity contribution in [2.45, 2.75) is 12.8 Å². The molecule has 1 amide bonds. The van der Waals surface area contributed by atoms with E-state index in [0.29, 0.717) is 13.0 Å².